The third-order valence-electron chi connectivity index (χ3n) is 3.01. The number of carboxylic acids is 2. The van der Waals surface area contributed by atoms with E-state index in [0.717, 1.165) is 0 Å². The van der Waals surface area contributed by atoms with Gasteiger partial charge in [-0.05, 0) is 29.7 Å². The van der Waals surface area contributed by atoms with E-state index in [2.05, 4.69) is 0 Å². The number of halogens is 2. The number of benzene rings is 2. The van der Waals surface area contributed by atoms with Gasteiger partial charge in [0.1, 0.15) is 0 Å². The molecule has 2 N–H and O–H groups in total. The van der Waals surface area contributed by atoms with Crippen LogP contribution in [0, 0.1) is 0 Å². The fourth-order valence-corrected chi connectivity index (χ4v) is 2.67. The maximum Gasteiger partial charge on any atom is 0.337 e. The Bertz CT molecular complexity index is 664. The summed E-state index contributed by atoms with van der Waals surface area (Å²) in [6.07, 6.45) is 0.115. The van der Waals surface area contributed by atoms with Crippen molar-refractivity contribution in [1.82, 2.24) is 0 Å². The van der Waals surface area contributed by atoms with E-state index in [1.54, 1.807) is 24.3 Å². The van der Waals surface area contributed by atoms with Crippen molar-refractivity contribution < 1.29 is 19.8 Å². The van der Waals surface area contributed by atoms with Crippen molar-refractivity contribution in [3.63, 3.8) is 0 Å². The number of hydrogen-bond donors (Lipinski definition) is 2. The first kappa shape index (κ1) is 15.4. The molecule has 0 aliphatic carbocycles. The summed E-state index contributed by atoms with van der Waals surface area (Å²) in [5.74, 6) is -2.32. The van der Waals surface area contributed by atoms with Gasteiger partial charge in [0, 0.05) is 0 Å². The van der Waals surface area contributed by atoms with Gasteiger partial charge >= 0.3 is 11.9 Å². The number of carbonyl (C=O) groups is 2. The summed E-state index contributed by atoms with van der Waals surface area (Å²) in [5, 5.41) is 18.7. The van der Waals surface area contributed by atoms with Crippen molar-refractivity contribution in [3.8, 4) is 0 Å². The van der Waals surface area contributed by atoms with Gasteiger partial charge in [-0.3, -0.25) is 0 Å². The zero-order chi connectivity index (χ0) is 15.6. The Morgan fingerprint density at radius 3 is 1.52 bits per heavy atom. The third-order valence-corrected chi connectivity index (χ3v) is 3.64. The highest BCUT2D eigenvalue weighted by Crippen LogP contribution is 2.26. The predicted octanol–water partition coefficient (Wildman–Crippen LogP) is 3.98. The van der Waals surface area contributed by atoms with Crippen LogP contribution in [0.15, 0.2) is 36.4 Å². The van der Waals surface area contributed by atoms with Gasteiger partial charge in [0.2, 0.25) is 0 Å². The highest BCUT2D eigenvalue weighted by atomic mass is 35.5. The fourth-order valence-electron chi connectivity index (χ4n) is 2.12. The molecule has 0 saturated heterocycles. The second-order valence-corrected chi connectivity index (χ2v) is 5.15. The van der Waals surface area contributed by atoms with E-state index >= 15 is 0 Å². The normalized spacial score (nSPS) is 10.4. The summed E-state index contributed by atoms with van der Waals surface area (Å²) < 4.78 is 0. The molecule has 0 spiro atoms. The van der Waals surface area contributed by atoms with Crippen molar-refractivity contribution in [1.29, 1.82) is 0 Å². The van der Waals surface area contributed by atoms with Gasteiger partial charge in [0.15, 0.2) is 0 Å². The molecule has 108 valence electrons. The van der Waals surface area contributed by atoms with E-state index < -0.39 is 11.9 Å². The van der Waals surface area contributed by atoms with Crippen LogP contribution in [0.25, 0.3) is 0 Å². The van der Waals surface area contributed by atoms with Crippen LogP contribution in [0.4, 0.5) is 0 Å². The predicted molar refractivity (Wildman–Crippen MR) is 79.6 cm³/mol. The lowest BCUT2D eigenvalue weighted by Crippen LogP contribution is -2.08. The van der Waals surface area contributed by atoms with Crippen LogP contribution in [0.3, 0.4) is 0 Å². The number of carboxylic acid groups (broad SMARTS) is 2. The molecule has 0 aromatic heterocycles. The summed E-state index contributed by atoms with van der Waals surface area (Å²) in [4.78, 5) is 22.6. The molecular weight excluding hydrogens is 315 g/mol. The van der Waals surface area contributed by atoms with Gasteiger partial charge in [-0.2, -0.15) is 0 Å². The molecule has 2 aromatic carbocycles. The average Bonchev–Trinajstić information content (AvgIpc) is 2.37. The van der Waals surface area contributed by atoms with Crippen LogP contribution in [0.2, 0.25) is 10.0 Å². The molecule has 0 heterocycles. The molecule has 0 aliphatic rings. The quantitative estimate of drug-likeness (QED) is 0.891. The van der Waals surface area contributed by atoms with E-state index in [-0.39, 0.29) is 27.6 Å². The van der Waals surface area contributed by atoms with Gasteiger partial charge in [0.25, 0.3) is 0 Å². The Balaban J connectivity index is 2.54. The van der Waals surface area contributed by atoms with Crippen LogP contribution in [0.1, 0.15) is 31.8 Å². The lowest BCUT2D eigenvalue weighted by atomic mass is 9.96. The van der Waals surface area contributed by atoms with E-state index in [0.29, 0.717) is 11.1 Å². The molecule has 2 aromatic rings. The first-order valence-corrected chi connectivity index (χ1v) is 6.68. The Morgan fingerprint density at radius 2 is 1.19 bits per heavy atom. The van der Waals surface area contributed by atoms with Gasteiger partial charge in [-0.25, -0.2) is 9.59 Å². The first-order chi connectivity index (χ1) is 9.91. The van der Waals surface area contributed by atoms with Gasteiger partial charge in [-0.1, -0.05) is 47.5 Å². The highest BCUT2D eigenvalue weighted by Gasteiger charge is 2.19. The molecule has 21 heavy (non-hydrogen) atoms. The summed E-state index contributed by atoms with van der Waals surface area (Å²) in [7, 11) is 0. The summed E-state index contributed by atoms with van der Waals surface area (Å²) in [6, 6.07) is 9.39. The van der Waals surface area contributed by atoms with Gasteiger partial charge in [0.05, 0.1) is 21.2 Å². The van der Waals surface area contributed by atoms with E-state index in [1.165, 1.54) is 12.1 Å². The summed E-state index contributed by atoms with van der Waals surface area (Å²) >= 11 is 11.8. The minimum Gasteiger partial charge on any atom is -0.478 e. The maximum atomic E-state index is 11.3. The van der Waals surface area contributed by atoms with Gasteiger partial charge < -0.3 is 10.2 Å². The molecule has 0 bridgehead atoms. The monoisotopic (exact) mass is 324 g/mol. The Labute approximate surface area is 130 Å². The number of aromatic carboxylic acids is 2. The second kappa shape index (κ2) is 6.16. The third kappa shape index (κ3) is 3.17. The number of hydrogen-bond acceptors (Lipinski definition) is 2. The molecule has 4 nitrogen and oxygen atoms in total. The molecule has 0 radical (unpaired) electrons. The summed E-state index contributed by atoms with van der Waals surface area (Å²) in [6.45, 7) is 0. The van der Waals surface area contributed by atoms with Crippen LogP contribution in [0.5, 0.6) is 0 Å². The standard InChI is InChI=1S/C15H10Cl2O4/c16-10-5-1-3-8(12(10)14(18)19)7-9-4-2-6-11(17)13(9)15(20)21/h1-6H,7H2,(H,18,19)(H,20,21). The van der Waals surface area contributed by atoms with Crippen LogP contribution in [-0.2, 0) is 6.42 Å². The molecule has 0 aliphatic heterocycles. The first-order valence-electron chi connectivity index (χ1n) is 5.93. The average molecular weight is 325 g/mol. The SMILES string of the molecule is O=C(O)c1c(Cl)cccc1Cc1cccc(Cl)c1C(=O)O. The van der Waals surface area contributed by atoms with E-state index in [9.17, 15) is 19.8 Å². The summed E-state index contributed by atoms with van der Waals surface area (Å²) in [5.41, 5.74) is 0.797. The molecule has 2 rings (SSSR count). The molecule has 0 fully saturated rings. The molecule has 0 unspecified atom stereocenters. The zero-order valence-electron chi connectivity index (χ0n) is 10.6. The molecule has 0 atom stereocenters. The lowest BCUT2D eigenvalue weighted by Gasteiger charge is -2.11. The van der Waals surface area contributed by atoms with Gasteiger partial charge in [-0.15, -0.1) is 0 Å². The Kier molecular flexibility index (Phi) is 4.50. The Morgan fingerprint density at radius 1 is 0.810 bits per heavy atom. The van der Waals surface area contributed by atoms with Crippen molar-refractivity contribution >= 4 is 35.1 Å². The second-order valence-electron chi connectivity index (χ2n) is 4.34. The van der Waals surface area contributed by atoms with Crippen molar-refractivity contribution in [2.45, 2.75) is 6.42 Å². The molecule has 0 amide bonds. The molecular formula is C15H10Cl2O4. The zero-order valence-corrected chi connectivity index (χ0v) is 12.1. The van der Waals surface area contributed by atoms with Crippen molar-refractivity contribution in [2.24, 2.45) is 0 Å². The topological polar surface area (TPSA) is 74.6 Å². The van der Waals surface area contributed by atoms with Crippen LogP contribution in [-0.4, -0.2) is 22.2 Å². The minimum absolute atomic E-state index is 0.0320. The van der Waals surface area contributed by atoms with E-state index in [1.807, 2.05) is 0 Å². The van der Waals surface area contributed by atoms with E-state index in [4.69, 9.17) is 23.2 Å². The molecule has 0 saturated carbocycles. The minimum atomic E-state index is -1.16. The largest absolute Gasteiger partial charge is 0.478 e. The smallest absolute Gasteiger partial charge is 0.337 e. The van der Waals surface area contributed by atoms with Crippen molar-refractivity contribution in [2.75, 3.05) is 0 Å². The van der Waals surface area contributed by atoms with Crippen LogP contribution >= 0.6 is 23.2 Å². The number of rotatable bonds is 4. The maximum absolute atomic E-state index is 11.3. The van der Waals surface area contributed by atoms with Crippen molar-refractivity contribution in [3.05, 3.63) is 68.7 Å². The fraction of sp³-hybridized carbons (Fsp3) is 0.0667. The highest BCUT2D eigenvalue weighted by molar-refractivity contribution is 6.34. The Hall–Kier alpha value is -2.04. The lowest BCUT2D eigenvalue weighted by molar-refractivity contribution is 0.0686. The van der Waals surface area contributed by atoms with Crippen LogP contribution < -0.4 is 0 Å². The molecule has 6 heteroatoms.